The molecule has 0 fully saturated rings. The van der Waals surface area contributed by atoms with Gasteiger partial charge in [0.1, 0.15) is 6.61 Å². The Morgan fingerprint density at radius 2 is 1.76 bits per heavy atom. The molecule has 12 nitrogen and oxygen atoms in total. The second-order valence-electron chi connectivity index (χ2n) is 7.19. The molecule has 13 heteroatoms. The maximum Gasteiger partial charge on any atom is 0.338 e. The van der Waals surface area contributed by atoms with Crippen LogP contribution in [0.2, 0.25) is 0 Å². The molecule has 0 unspecified atom stereocenters. The molecular formula is C21H28N4O8S. The molecule has 3 amide bonds. The third-order valence-electron chi connectivity index (χ3n) is 4.63. The summed E-state index contributed by atoms with van der Waals surface area (Å²) in [5.41, 5.74) is 0.726. The maximum absolute atomic E-state index is 12.4. The molecule has 1 atom stereocenters. The van der Waals surface area contributed by atoms with E-state index in [4.69, 9.17) is 9.47 Å². The van der Waals surface area contributed by atoms with Crippen molar-refractivity contribution in [2.45, 2.75) is 44.6 Å². The number of hydrogen-bond donors (Lipinski definition) is 4. The van der Waals surface area contributed by atoms with E-state index in [9.17, 15) is 27.6 Å². The number of benzene rings is 1. The van der Waals surface area contributed by atoms with Gasteiger partial charge in [0, 0.05) is 19.2 Å². The quantitative estimate of drug-likeness (QED) is 0.326. The number of ether oxygens (including phenoxy) is 2. The van der Waals surface area contributed by atoms with Gasteiger partial charge < -0.3 is 25.4 Å². The summed E-state index contributed by atoms with van der Waals surface area (Å²) >= 11 is 0. The predicted molar refractivity (Wildman–Crippen MR) is 121 cm³/mol. The van der Waals surface area contributed by atoms with E-state index in [1.165, 1.54) is 31.2 Å². The Kier molecular flexibility index (Phi) is 9.57. The van der Waals surface area contributed by atoms with Gasteiger partial charge in [0.2, 0.25) is 15.9 Å². The number of carbonyl (C=O) groups excluding carboxylic acids is 4. The van der Waals surface area contributed by atoms with E-state index in [1.54, 1.807) is 13.8 Å². The third-order valence-corrected chi connectivity index (χ3v) is 6.11. The standard InChI is InChI=1S/C21H28N4O8S/c1-4-16-19(20(28)32-5-2)17(25-21(29)24-16)12-33-18(27)10-11-22-34(30,31)15-8-6-14(7-9-15)23-13(3)26/h6-9,16,22H,4-5,10-12H2,1-3H3,(H,23,26)(H2,24,25,29)/t16-/m0/s1. The third kappa shape index (κ3) is 7.56. The molecule has 1 heterocycles. The molecule has 0 spiro atoms. The van der Waals surface area contributed by atoms with E-state index in [-0.39, 0.29) is 48.3 Å². The van der Waals surface area contributed by atoms with Crippen molar-refractivity contribution >= 4 is 39.6 Å². The Morgan fingerprint density at radius 3 is 2.35 bits per heavy atom. The highest BCUT2D eigenvalue weighted by Crippen LogP contribution is 2.18. The number of anilines is 1. The van der Waals surface area contributed by atoms with Crippen LogP contribution >= 0.6 is 0 Å². The van der Waals surface area contributed by atoms with Crippen LogP contribution < -0.4 is 20.7 Å². The van der Waals surface area contributed by atoms with Crippen LogP contribution in [0.15, 0.2) is 40.4 Å². The molecule has 1 aliphatic rings. The van der Waals surface area contributed by atoms with Crippen LogP contribution in [-0.2, 0) is 33.9 Å². The fraction of sp³-hybridized carbons (Fsp3) is 0.429. The number of urea groups is 1. The van der Waals surface area contributed by atoms with Gasteiger partial charge in [0.25, 0.3) is 0 Å². The summed E-state index contributed by atoms with van der Waals surface area (Å²) in [6.45, 7) is 4.28. The highest BCUT2D eigenvalue weighted by Gasteiger charge is 2.32. The van der Waals surface area contributed by atoms with E-state index in [0.717, 1.165) is 0 Å². The molecule has 0 saturated carbocycles. The summed E-state index contributed by atoms with van der Waals surface area (Å²) < 4.78 is 37.2. The summed E-state index contributed by atoms with van der Waals surface area (Å²) in [5, 5.41) is 7.59. The first-order valence-electron chi connectivity index (χ1n) is 10.6. The molecule has 186 valence electrons. The summed E-state index contributed by atoms with van der Waals surface area (Å²) in [5.74, 6) is -1.66. The smallest absolute Gasteiger partial charge is 0.338 e. The molecule has 1 aromatic rings. The molecule has 0 aliphatic carbocycles. The number of sulfonamides is 1. The number of nitrogens with one attached hydrogen (secondary N) is 4. The fourth-order valence-corrected chi connectivity index (χ4v) is 4.12. The lowest BCUT2D eigenvalue weighted by Gasteiger charge is -2.28. The zero-order valence-corrected chi connectivity index (χ0v) is 19.9. The monoisotopic (exact) mass is 496 g/mol. The number of rotatable bonds is 11. The normalized spacial score (nSPS) is 15.7. The number of amides is 3. The zero-order valence-electron chi connectivity index (χ0n) is 19.1. The van der Waals surface area contributed by atoms with E-state index in [2.05, 4.69) is 20.7 Å². The average molecular weight is 497 g/mol. The van der Waals surface area contributed by atoms with Crippen molar-refractivity contribution in [1.29, 1.82) is 0 Å². The van der Waals surface area contributed by atoms with Gasteiger partial charge in [0.05, 0.1) is 35.2 Å². The lowest BCUT2D eigenvalue weighted by molar-refractivity contribution is -0.143. The van der Waals surface area contributed by atoms with Crippen molar-refractivity contribution in [1.82, 2.24) is 15.4 Å². The van der Waals surface area contributed by atoms with E-state index < -0.39 is 34.0 Å². The summed E-state index contributed by atoms with van der Waals surface area (Å²) in [6.07, 6.45) is 0.140. The molecule has 0 bridgehead atoms. The minimum atomic E-state index is -3.89. The van der Waals surface area contributed by atoms with Crippen LogP contribution in [0.25, 0.3) is 0 Å². The van der Waals surface area contributed by atoms with E-state index in [0.29, 0.717) is 12.1 Å². The van der Waals surface area contributed by atoms with Crippen LogP contribution in [-0.4, -0.2) is 58.1 Å². The molecule has 4 N–H and O–H groups in total. The number of esters is 2. The first kappa shape index (κ1) is 26.8. The van der Waals surface area contributed by atoms with E-state index >= 15 is 0 Å². The average Bonchev–Trinajstić information content (AvgIpc) is 2.77. The maximum atomic E-state index is 12.4. The van der Waals surface area contributed by atoms with Crippen LogP contribution in [0, 0.1) is 0 Å². The molecule has 2 rings (SSSR count). The first-order chi connectivity index (χ1) is 16.1. The Bertz CT molecular complexity index is 1070. The van der Waals surface area contributed by atoms with Crippen molar-refractivity contribution in [3.63, 3.8) is 0 Å². The lowest BCUT2D eigenvalue weighted by atomic mass is 10.0. The van der Waals surface area contributed by atoms with Gasteiger partial charge in [-0.1, -0.05) is 6.92 Å². The first-order valence-corrected chi connectivity index (χ1v) is 12.1. The van der Waals surface area contributed by atoms with Gasteiger partial charge in [-0.05, 0) is 37.6 Å². The minimum absolute atomic E-state index is 0.0396. The second-order valence-corrected chi connectivity index (χ2v) is 8.95. The van der Waals surface area contributed by atoms with Crippen LogP contribution in [0.1, 0.15) is 33.6 Å². The molecular weight excluding hydrogens is 468 g/mol. The van der Waals surface area contributed by atoms with Crippen molar-refractivity contribution in [2.24, 2.45) is 0 Å². The molecule has 0 radical (unpaired) electrons. The zero-order chi connectivity index (χ0) is 25.3. The largest absolute Gasteiger partial charge is 0.463 e. The molecule has 1 aromatic carbocycles. The fourth-order valence-electron chi connectivity index (χ4n) is 3.09. The van der Waals surface area contributed by atoms with Gasteiger partial charge in [-0.3, -0.25) is 9.59 Å². The Balaban J connectivity index is 1.94. The van der Waals surface area contributed by atoms with Crippen LogP contribution in [0.3, 0.4) is 0 Å². The Labute approximate surface area is 197 Å². The topological polar surface area (TPSA) is 169 Å². The lowest BCUT2D eigenvalue weighted by Crippen LogP contribution is -2.51. The van der Waals surface area contributed by atoms with Gasteiger partial charge in [0.15, 0.2) is 0 Å². The van der Waals surface area contributed by atoms with E-state index in [1.807, 2.05) is 0 Å². The minimum Gasteiger partial charge on any atom is -0.463 e. The van der Waals surface area contributed by atoms with Crippen LogP contribution in [0.4, 0.5) is 10.5 Å². The van der Waals surface area contributed by atoms with Crippen molar-refractivity contribution in [2.75, 3.05) is 25.1 Å². The van der Waals surface area contributed by atoms with Gasteiger partial charge in [-0.25, -0.2) is 22.7 Å². The van der Waals surface area contributed by atoms with Crippen molar-refractivity contribution in [3.05, 3.63) is 35.5 Å². The number of carbonyl (C=O) groups is 4. The van der Waals surface area contributed by atoms with Gasteiger partial charge in [-0.15, -0.1) is 0 Å². The van der Waals surface area contributed by atoms with Crippen molar-refractivity contribution < 1.29 is 37.1 Å². The van der Waals surface area contributed by atoms with Gasteiger partial charge in [-0.2, -0.15) is 0 Å². The molecule has 1 aliphatic heterocycles. The summed E-state index contributed by atoms with van der Waals surface area (Å²) in [4.78, 5) is 47.3. The summed E-state index contributed by atoms with van der Waals surface area (Å²) in [7, 11) is -3.89. The van der Waals surface area contributed by atoms with Gasteiger partial charge >= 0.3 is 18.0 Å². The molecule has 34 heavy (non-hydrogen) atoms. The SMILES string of the molecule is CCOC(=O)C1=C(COC(=O)CCNS(=O)(=O)c2ccc(NC(C)=O)cc2)NC(=O)N[C@H]1CC. The van der Waals surface area contributed by atoms with Crippen LogP contribution in [0.5, 0.6) is 0 Å². The highest BCUT2D eigenvalue weighted by molar-refractivity contribution is 7.89. The second kappa shape index (κ2) is 12.1. The number of hydrogen-bond acceptors (Lipinski definition) is 8. The molecule has 0 aromatic heterocycles. The Morgan fingerprint density at radius 1 is 1.09 bits per heavy atom. The highest BCUT2D eigenvalue weighted by atomic mass is 32.2. The summed E-state index contributed by atoms with van der Waals surface area (Å²) in [6, 6.07) is 4.39. The Hall–Kier alpha value is -3.45. The van der Waals surface area contributed by atoms with Crippen molar-refractivity contribution in [3.8, 4) is 0 Å². The predicted octanol–water partition coefficient (Wildman–Crippen LogP) is 0.765. The molecule has 0 saturated heterocycles.